The third kappa shape index (κ3) is 3.02. The van der Waals surface area contributed by atoms with Crippen LogP contribution in [0.25, 0.3) is 5.57 Å². The van der Waals surface area contributed by atoms with Crippen LogP contribution in [0.1, 0.15) is 36.0 Å². The lowest BCUT2D eigenvalue weighted by atomic mass is 9.52. The Labute approximate surface area is 218 Å². The molecule has 2 aliphatic carbocycles. The molecule has 1 heterocycles. The summed E-state index contributed by atoms with van der Waals surface area (Å²) < 4.78 is 0.912. The van der Waals surface area contributed by atoms with Crippen molar-refractivity contribution < 1.29 is 4.79 Å². The first-order valence-electron chi connectivity index (χ1n) is 12.0. The van der Waals surface area contributed by atoms with E-state index in [1.54, 1.807) is 0 Å². The Kier molecular flexibility index (Phi) is 5.27. The molecule has 3 aromatic carbocycles. The number of hydrogen-bond donors (Lipinski definition) is 1. The van der Waals surface area contributed by atoms with E-state index in [0.717, 1.165) is 34.0 Å². The molecule has 1 spiro atoms. The minimum absolute atomic E-state index is 0.0441. The number of hydrazone groups is 1. The summed E-state index contributed by atoms with van der Waals surface area (Å²) >= 11 is 3.62. The monoisotopic (exact) mass is 534 g/mol. The van der Waals surface area contributed by atoms with Crippen molar-refractivity contribution in [2.45, 2.75) is 25.7 Å². The maximum absolute atomic E-state index is 14.5. The zero-order valence-corrected chi connectivity index (χ0v) is 21.3. The molecule has 3 aromatic rings. The highest BCUT2D eigenvalue weighted by atomic mass is 79.9. The highest BCUT2D eigenvalue weighted by Crippen LogP contribution is 2.59. The van der Waals surface area contributed by atoms with Crippen molar-refractivity contribution >= 4 is 44.5 Å². The van der Waals surface area contributed by atoms with Gasteiger partial charge in [0.05, 0.1) is 22.7 Å². The molecule has 36 heavy (non-hydrogen) atoms. The van der Waals surface area contributed by atoms with Gasteiger partial charge in [0.25, 0.3) is 5.91 Å². The highest BCUT2D eigenvalue weighted by molar-refractivity contribution is 9.10. The lowest BCUT2D eigenvalue weighted by Crippen LogP contribution is -2.55. The second-order valence-electron chi connectivity index (χ2n) is 9.56. The molecule has 6 rings (SSSR count). The molecule has 5 nitrogen and oxygen atoms in total. The number of rotatable bonds is 2. The molecule has 0 saturated heterocycles. The Hall–Kier alpha value is -3.82. The Bertz CT molecular complexity index is 1530. The fourth-order valence-corrected chi connectivity index (χ4v) is 6.80. The van der Waals surface area contributed by atoms with Crippen molar-refractivity contribution in [1.29, 1.82) is 10.7 Å². The Morgan fingerprint density at radius 1 is 1.08 bits per heavy atom. The largest absolute Gasteiger partial charge is 0.302 e. The predicted molar refractivity (Wildman–Crippen MR) is 145 cm³/mol. The normalized spacial score (nSPS) is 24.9. The number of aryl methyl sites for hydroxylation is 1. The zero-order chi connectivity index (χ0) is 25.0. The summed E-state index contributed by atoms with van der Waals surface area (Å²) in [5, 5.41) is 26.0. The molecule has 176 valence electrons. The molecule has 1 N–H and O–H groups in total. The van der Waals surface area contributed by atoms with Crippen molar-refractivity contribution in [3.8, 4) is 6.07 Å². The van der Waals surface area contributed by atoms with Crippen LogP contribution >= 0.6 is 15.9 Å². The Balaban J connectivity index is 1.65. The Morgan fingerprint density at radius 3 is 2.58 bits per heavy atom. The second-order valence-corrected chi connectivity index (χ2v) is 10.5. The lowest BCUT2D eigenvalue weighted by Gasteiger charge is -2.48. The average Bonchev–Trinajstić information content (AvgIpc) is 3.16. The SMILES string of the molecule is CC1=NN(c2ccccc2)C(=O)[C@]12C(=N)C(C#N)=C1c3ccccc3CC[C@H]1[C@@H]2c1cccc(Br)c1. The van der Waals surface area contributed by atoms with E-state index in [-0.39, 0.29) is 23.5 Å². The number of para-hydroxylation sites is 1. The third-order valence-corrected chi connectivity index (χ3v) is 8.35. The molecule has 0 unspecified atom stereocenters. The summed E-state index contributed by atoms with van der Waals surface area (Å²) in [6, 6.07) is 27.8. The van der Waals surface area contributed by atoms with Crippen LogP contribution in [-0.4, -0.2) is 17.3 Å². The van der Waals surface area contributed by atoms with Gasteiger partial charge in [-0.05, 0) is 72.2 Å². The molecule has 1 amide bonds. The van der Waals surface area contributed by atoms with Gasteiger partial charge < -0.3 is 5.41 Å². The summed E-state index contributed by atoms with van der Waals surface area (Å²) in [6.45, 7) is 1.83. The third-order valence-electron chi connectivity index (χ3n) is 7.86. The van der Waals surface area contributed by atoms with Crippen LogP contribution < -0.4 is 5.01 Å². The minimum atomic E-state index is -1.36. The standard InChI is InChI=1S/C30H23BrN4O/c1-18-30(29(36)35(34-18)22-11-3-2-4-12-22)27(20-9-7-10-21(31)16-20)24-15-14-19-8-5-6-13-23(19)26(24)25(17-32)28(30)33/h2-13,16,24,27,33H,14-15H2,1H3/t24-,27+,30-/m1/s1. The predicted octanol–water partition coefficient (Wildman–Crippen LogP) is 6.51. The first kappa shape index (κ1) is 22.6. The van der Waals surface area contributed by atoms with Gasteiger partial charge in [0.15, 0.2) is 0 Å². The van der Waals surface area contributed by atoms with E-state index in [1.807, 2.05) is 79.7 Å². The molecule has 3 atom stereocenters. The molecule has 0 bridgehead atoms. The van der Waals surface area contributed by atoms with E-state index in [4.69, 9.17) is 5.10 Å². The smallest absolute Gasteiger partial charge is 0.266 e. The fraction of sp³-hybridized carbons (Fsp3) is 0.200. The quantitative estimate of drug-likeness (QED) is 0.406. The molecule has 0 aromatic heterocycles. The number of nitrogens with one attached hydrogen (secondary N) is 1. The number of carbonyl (C=O) groups is 1. The number of nitriles is 1. The van der Waals surface area contributed by atoms with E-state index < -0.39 is 5.41 Å². The van der Waals surface area contributed by atoms with Gasteiger partial charge in [-0.2, -0.15) is 15.4 Å². The Morgan fingerprint density at radius 2 is 1.83 bits per heavy atom. The van der Waals surface area contributed by atoms with Crippen molar-refractivity contribution in [2.24, 2.45) is 16.4 Å². The number of nitrogens with zero attached hydrogens (tertiary/aromatic N) is 3. The van der Waals surface area contributed by atoms with Gasteiger partial charge in [-0.3, -0.25) is 4.79 Å². The first-order valence-corrected chi connectivity index (χ1v) is 12.8. The number of hydrogen-bond acceptors (Lipinski definition) is 4. The summed E-state index contributed by atoms with van der Waals surface area (Å²) in [5.74, 6) is -0.748. The van der Waals surface area contributed by atoms with Gasteiger partial charge in [0.2, 0.25) is 0 Å². The molecule has 6 heteroatoms. The van der Waals surface area contributed by atoms with Crippen molar-refractivity contribution in [3.05, 3.63) is 106 Å². The van der Waals surface area contributed by atoms with Crippen molar-refractivity contribution in [1.82, 2.24) is 0 Å². The molecule has 0 saturated carbocycles. The van der Waals surface area contributed by atoms with Gasteiger partial charge in [0.1, 0.15) is 11.5 Å². The van der Waals surface area contributed by atoms with Crippen molar-refractivity contribution in [2.75, 3.05) is 5.01 Å². The molecule has 3 aliphatic rings. The molecule has 1 aliphatic heterocycles. The maximum Gasteiger partial charge on any atom is 0.266 e. The van der Waals surface area contributed by atoms with E-state index in [2.05, 4.69) is 28.1 Å². The lowest BCUT2D eigenvalue weighted by molar-refractivity contribution is -0.122. The number of benzene rings is 3. The highest BCUT2D eigenvalue weighted by Gasteiger charge is 2.64. The van der Waals surface area contributed by atoms with Crippen LogP contribution in [-0.2, 0) is 11.2 Å². The van der Waals surface area contributed by atoms with E-state index in [0.29, 0.717) is 17.0 Å². The van der Waals surface area contributed by atoms with Crippen LogP contribution in [0.5, 0.6) is 0 Å². The average molecular weight is 535 g/mol. The van der Waals surface area contributed by atoms with Gasteiger partial charge in [-0.1, -0.05) is 70.5 Å². The zero-order valence-electron chi connectivity index (χ0n) is 19.7. The number of halogens is 1. The van der Waals surface area contributed by atoms with Crippen LogP contribution in [0.4, 0.5) is 5.69 Å². The van der Waals surface area contributed by atoms with Gasteiger partial charge in [-0.15, -0.1) is 0 Å². The molecule has 0 radical (unpaired) electrons. The van der Waals surface area contributed by atoms with Crippen LogP contribution in [0.15, 0.2) is 94.0 Å². The first-order chi connectivity index (χ1) is 17.5. The molecule has 0 fully saturated rings. The maximum atomic E-state index is 14.5. The fourth-order valence-electron chi connectivity index (χ4n) is 6.38. The van der Waals surface area contributed by atoms with E-state index >= 15 is 0 Å². The van der Waals surface area contributed by atoms with Gasteiger partial charge in [0, 0.05) is 10.4 Å². The van der Waals surface area contributed by atoms with Crippen LogP contribution in [0.3, 0.4) is 0 Å². The summed E-state index contributed by atoms with van der Waals surface area (Å²) in [5.41, 5.74) is 4.25. The van der Waals surface area contributed by atoms with Crippen molar-refractivity contribution in [3.63, 3.8) is 0 Å². The minimum Gasteiger partial charge on any atom is -0.302 e. The van der Waals surface area contributed by atoms with Gasteiger partial charge >= 0.3 is 0 Å². The van der Waals surface area contributed by atoms with Crippen LogP contribution in [0, 0.1) is 28.1 Å². The molecular formula is C30H23BrN4O. The van der Waals surface area contributed by atoms with E-state index in [9.17, 15) is 15.5 Å². The number of fused-ring (bicyclic) bond motifs is 3. The summed E-state index contributed by atoms with van der Waals surface area (Å²) in [4.78, 5) is 14.5. The number of amides is 1. The number of allylic oxidation sites excluding steroid dienone is 2. The molecular weight excluding hydrogens is 512 g/mol. The second kappa shape index (κ2) is 8.39. The number of carbonyl (C=O) groups excluding carboxylic acids is 1. The topological polar surface area (TPSA) is 80.3 Å². The summed E-state index contributed by atoms with van der Waals surface area (Å²) in [7, 11) is 0. The van der Waals surface area contributed by atoms with Crippen LogP contribution in [0.2, 0.25) is 0 Å². The van der Waals surface area contributed by atoms with Gasteiger partial charge in [-0.25, -0.2) is 0 Å². The summed E-state index contributed by atoms with van der Waals surface area (Å²) in [6.07, 6.45) is 1.64. The number of anilines is 1. The van der Waals surface area contributed by atoms with E-state index in [1.165, 1.54) is 10.6 Å².